The lowest BCUT2D eigenvalue weighted by atomic mass is 9.85. The Bertz CT molecular complexity index is 373. The van der Waals surface area contributed by atoms with Crippen molar-refractivity contribution < 1.29 is 9.84 Å². The van der Waals surface area contributed by atoms with E-state index in [9.17, 15) is 5.11 Å². The van der Waals surface area contributed by atoms with Crippen molar-refractivity contribution in [3.05, 3.63) is 23.3 Å². The van der Waals surface area contributed by atoms with Crippen LogP contribution >= 0.6 is 0 Å². The smallest absolute Gasteiger partial charge is 0.165 e. The molecular weight excluding hydrogens is 200 g/mol. The Kier molecular flexibility index (Phi) is 3.51. The van der Waals surface area contributed by atoms with Crippen molar-refractivity contribution in [3.63, 3.8) is 0 Å². The van der Waals surface area contributed by atoms with Crippen LogP contribution in [-0.2, 0) is 5.41 Å². The molecule has 0 aliphatic carbocycles. The van der Waals surface area contributed by atoms with Crippen LogP contribution in [0.3, 0.4) is 0 Å². The third kappa shape index (κ3) is 2.69. The number of rotatable bonds is 2. The molecule has 1 N–H and O–H groups in total. The monoisotopic (exact) mass is 222 g/mol. The number of phenols is 1. The highest BCUT2D eigenvalue weighted by Gasteiger charge is 2.23. The van der Waals surface area contributed by atoms with E-state index in [-0.39, 0.29) is 17.3 Å². The second-order valence-electron chi connectivity index (χ2n) is 5.52. The van der Waals surface area contributed by atoms with E-state index in [2.05, 4.69) is 20.8 Å². The SMILES string of the molecule is Cc1ccc(C(C)(C)C)c(OC(C)C)c1O. The second-order valence-corrected chi connectivity index (χ2v) is 5.52. The summed E-state index contributed by atoms with van der Waals surface area (Å²) in [5.74, 6) is 0.892. The minimum absolute atomic E-state index is 0.0323. The first-order chi connectivity index (χ1) is 7.23. The second kappa shape index (κ2) is 4.36. The molecule has 0 aromatic heterocycles. The molecule has 16 heavy (non-hydrogen) atoms. The first-order valence-electron chi connectivity index (χ1n) is 5.73. The fourth-order valence-corrected chi connectivity index (χ4v) is 1.62. The minimum Gasteiger partial charge on any atom is -0.504 e. The number of benzene rings is 1. The molecule has 0 bridgehead atoms. The molecule has 1 aromatic carbocycles. The summed E-state index contributed by atoms with van der Waals surface area (Å²) in [5, 5.41) is 10.1. The van der Waals surface area contributed by atoms with Crippen LogP contribution in [0.5, 0.6) is 11.5 Å². The van der Waals surface area contributed by atoms with Crippen LogP contribution < -0.4 is 4.74 Å². The van der Waals surface area contributed by atoms with Gasteiger partial charge < -0.3 is 9.84 Å². The number of ether oxygens (including phenoxy) is 1. The quantitative estimate of drug-likeness (QED) is 0.825. The minimum atomic E-state index is -0.0323. The van der Waals surface area contributed by atoms with Crippen LogP contribution in [0.1, 0.15) is 45.7 Å². The highest BCUT2D eigenvalue weighted by molar-refractivity contribution is 5.53. The highest BCUT2D eigenvalue weighted by Crippen LogP contribution is 2.40. The van der Waals surface area contributed by atoms with E-state index in [1.54, 1.807) is 0 Å². The van der Waals surface area contributed by atoms with Crippen molar-refractivity contribution in [2.45, 2.75) is 53.1 Å². The van der Waals surface area contributed by atoms with Gasteiger partial charge in [-0.25, -0.2) is 0 Å². The number of phenolic OH excluding ortho intramolecular Hbond substituents is 1. The van der Waals surface area contributed by atoms with Crippen LogP contribution in [0, 0.1) is 6.92 Å². The van der Waals surface area contributed by atoms with E-state index in [1.807, 2.05) is 32.9 Å². The van der Waals surface area contributed by atoms with Crippen LogP contribution in [0.15, 0.2) is 12.1 Å². The Balaban J connectivity index is 3.33. The standard InChI is InChI=1S/C14H22O2/c1-9(2)16-13-11(14(4,5)6)8-7-10(3)12(13)15/h7-9,15H,1-6H3. The number of aromatic hydroxyl groups is 1. The zero-order chi connectivity index (χ0) is 12.5. The van der Waals surface area contributed by atoms with Gasteiger partial charge >= 0.3 is 0 Å². The zero-order valence-corrected chi connectivity index (χ0v) is 11.1. The Labute approximate surface area is 98.3 Å². The lowest BCUT2D eigenvalue weighted by molar-refractivity contribution is 0.225. The molecule has 0 fully saturated rings. The van der Waals surface area contributed by atoms with E-state index >= 15 is 0 Å². The van der Waals surface area contributed by atoms with Crippen molar-refractivity contribution in [1.82, 2.24) is 0 Å². The number of hydrogen-bond donors (Lipinski definition) is 1. The van der Waals surface area contributed by atoms with Gasteiger partial charge in [-0.2, -0.15) is 0 Å². The maximum atomic E-state index is 10.1. The van der Waals surface area contributed by atoms with Gasteiger partial charge in [-0.15, -0.1) is 0 Å². The molecule has 0 saturated carbocycles. The van der Waals surface area contributed by atoms with E-state index in [4.69, 9.17) is 4.74 Å². The van der Waals surface area contributed by atoms with Crippen LogP contribution in [-0.4, -0.2) is 11.2 Å². The molecule has 1 aromatic rings. The summed E-state index contributed by atoms with van der Waals surface area (Å²) in [6, 6.07) is 3.97. The van der Waals surface area contributed by atoms with E-state index in [1.165, 1.54) is 0 Å². The van der Waals surface area contributed by atoms with Crippen LogP contribution in [0.25, 0.3) is 0 Å². The largest absolute Gasteiger partial charge is 0.504 e. The molecule has 2 nitrogen and oxygen atoms in total. The number of aryl methyl sites for hydroxylation is 1. The van der Waals surface area contributed by atoms with Crippen molar-refractivity contribution in [2.24, 2.45) is 0 Å². The van der Waals surface area contributed by atoms with Crippen molar-refractivity contribution in [2.75, 3.05) is 0 Å². The van der Waals surface area contributed by atoms with Gasteiger partial charge in [0.1, 0.15) is 0 Å². The fourth-order valence-electron chi connectivity index (χ4n) is 1.62. The maximum Gasteiger partial charge on any atom is 0.165 e. The van der Waals surface area contributed by atoms with Crippen LogP contribution in [0.4, 0.5) is 0 Å². The Hall–Kier alpha value is -1.18. The summed E-state index contributed by atoms with van der Waals surface area (Å²) in [7, 11) is 0. The molecule has 0 aliphatic heterocycles. The molecule has 0 amide bonds. The van der Waals surface area contributed by atoms with Crippen molar-refractivity contribution >= 4 is 0 Å². The molecule has 0 atom stereocenters. The number of hydrogen-bond acceptors (Lipinski definition) is 2. The van der Waals surface area contributed by atoms with Gasteiger partial charge in [0.2, 0.25) is 0 Å². The molecule has 0 unspecified atom stereocenters. The van der Waals surface area contributed by atoms with Gasteiger partial charge in [-0.1, -0.05) is 32.9 Å². The van der Waals surface area contributed by atoms with Gasteiger partial charge in [-0.3, -0.25) is 0 Å². The Morgan fingerprint density at radius 2 is 1.75 bits per heavy atom. The lowest BCUT2D eigenvalue weighted by Crippen LogP contribution is -2.16. The third-order valence-electron chi connectivity index (χ3n) is 2.49. The van der Waals surface area contributed by atoms with Crippen molar-refractivity contribution in [3.8, 4) is 11.5 Å². The molecule has 0 aliphatic rings. The van der Waals surface area contributed by atoms with Gasteiger partial charge in [-0.05, 0) is 31.7 Å². The van der Waals surface area contributed by atoms with Gasteiger partial charge in [0, 0.05) is 5.56 Å². The summed E-state index contributed by atoms with van der Waals surface area (Å²) in [6.07, 6.45) is 0.0637. The van der Waals surface area contributed by atoms with E-state index < -0.39 is 0 Å². The molecule has 0 heterocycles. The summed E-state index contributed by atoms with van der Waals surface area (Å²) in [5.41, 5.74) is 1.86. The predicted octanol–water partition coefficient (Wildman–Crippen LogP) is 3.79. The third-order valence-corrected chi connectivity index (χ3v) is 2.49. The lowest BCUT2D eigenvalue weighted by Gasteiger charge is -2.25. The van der Waals surface area contributed by atoms with Crippen molar-refractivity contribution in [1.29, 1.82) is 0 Å². The first-order valence-corrected chi connectivity index (χ1v) is 5.73. The molecule has 0 saturated heterocycles. The topological polar surface area (TPSA) is 29.5 Å². The summed E-state index contributed by atoms with van der Waals surface area (Å²) in [4.78, 5) is 0. The van der Waals surface area contributed by atoms with Crippen LogP contribution in [0.2, 0.25) is 0 Å². The maximum absolute atomic E-state index is 10.1. The molecule has 0 spiro atoms. The van der Waals surface area contributed by atoms with Gasteiger partial charge in [0.05, 0.1) is 6.10 Å². The first kappa shape index (κ1) is 12.9. The molecule has 2 heteroatoms. The summed E-state index contributed by atoms with van der Waals surface area (Å²) < 4.78 is 5.73. The summed E-state index contributed by atoms with van der Waals surface area (Å²) >= 11 is 0. The molecule has 1 rings (SSSR count). The highest BCUT2D eigenvalue weighted by atomic mass is 16.5. The Morgan fingerprint density at radius 3 is 2.19 bits per heavy atom. The summed E-state index contributed by atoms with van der Waals surface area (Å²) in [6.45, 7) is 12.2. The normalized spacial score (nSPS) is 11.9. The molecule has 0 radical (unpaired) electrons. The average Bonchev–Trinajstić information content (AvgIpc) is 2.10. The van der Waals surface area contributed by atoms with Gasteiger partial charge in [0.15, 0.2) is 11.5 Å². The van der Waals surface area contributed by atoms with E-state index in [0.717, 1.165) is 11.1 Å². The molecular formula is C14H22O2. The van der Waals surface area contributed by atoms with Gasteiger partial charge in [0.25, 0.3) is 0 Å². The fraction of sp³-hybridized carbons (Fsp3) is 0.571. The molecule has 90 valence electrons. The Morgan fingerprint density at radius 1 is 1.19 bits per heavy atom. The van der Waals surface area contributed by atoms with E-state index in [0.29, 0.717) is 5.75 Å². The predicted molar refractivity (Wildman–Crippen MR) is 67.3 cm³/mol. The zero-order valence-electron chi connectivity index (χ0n) is 11.1. The average molecular weight is 222 g/mol.